The molecule has 0 aromatic heterocycles. The fraction of sp³-hybridized carbons (Fsp3) is 0.500. The highest BCUT2D eigenvalue weighted by Gasteiger charge is 2.20. The van der Waals surface area contributed by atoms with E-state index in [1.807, 2.05) is 0 Å². The van der Waals surface area contributed by atoms with Gasteiger partial charge in [0.05, 0.1) is 17.2 Å². The molecule has 0 spiro atoms. The van der Waals surface area contributed by atoms with Gasteiger partial charge < -0.3 is 10.1 Å². The van der Waals surface area contributed by atoms with Crippen molar-refractivity contribution < 1.29 is 13.9 Å². The van der Waals surface area contributed by atoms with E-state index >= 15 is 0 Å². The highest BCUT2D eigenvalue weighted by atomic mass is 79.9. The largest absolute Gasteiger partial charge is 0.374 e. The summed E-state index contributed by atoms with van der Waals surface area (Å²) in [5.41, 5.74) is 0.432. The van der Waals surface area contributed by atoms with Gasteiger partial charge in [-0.25, -0.2) is 4.39 Å². The molecule has 1 amide bonds. The van der Waals surface area contributed by atoms with Gasteiger partial charge in [-0.3, -0.25) is 9.69 Å². The Hall–Kier alpha value is -0.980. The zero-order chi connectivity index (χ0) is 14.5. The van der Waals surface area contributed by atoms with E-state index in [2.05, 4.69) is 33.1 Å². The number of ether oxygens (including phenoxy) is 1. The standard InChI is InChI=1S/C14H18BrFN2O2/c1-2-18-5-6-20-11(9-18)8-17-14(19)10-3-4-13(16)12(15)7-10/h3-4,7,11H,2,5-6,8-9H2,1H3,(H,17,19). The van der Waals surface area contributed by atoms with Crippen LogP contribution in [0.1, 0.15) is 17.3 Å². The predicted octanol–water partition coefficient (Wildman–Crippen LogP) is 2.04. The van der Waals surface area contributed by atoms with Crippen LogP contribution in [0.2, 0.25) is 0 Å². The van der Waals surface area contributed by atoms with Gasteiger partial charge in [0.2, 0.25) is 0 Å². The molecular formula is C14H18BrFN2O2. The van der Waals surface area contributed by atoms with E-state index in [0.29, 0.717) is 18.7 Å². The topological polar surface area (TPSA) is 41.6 Å². The van der Waals surface area contributed by atoms with Crippen molar-refractivity contribution in [3.8, 4) is 0 Å². The first kappa shape index (κ1) is 15.4. The van der Waals surface area contributed by atoms with Crippen molar-refractivity contribution in [2.45, 2.75) is 13.0 Å². The number of nitrogens with one attached hydrogen (secondary N) is 1. The second-order valence-corrected chi connectivity index (χ2v) is 5.58. The van der Waals surface area contributed by atoms with Crippen molar-refractivity contribution in [2.24, 2.45) is 0 Å². The molecule has 1 aromatic rings. The summed E-state index contributed by atoms with van der Waals surface area (Å²) < 4.78 is 19.0. The summed E-state index contributed by atoms with van der Waals surface area (Å²) in [5.74, 6) is -0.598. The van der Waals surface area contributed by atoms with Crippen molar-refractivity contribution in [2.75, 3.05) is 32.8 Å². The van der Waals surface area contributed by atoms with Gasteiger partial charge in [0.1, 0.15) is 5.82 Å². The summed E-state index contributed by atoms with van der Waals surface area (Å²) in [4.78, 5) is 14.3. The molecule has 20 heavy (non-hydrogen) atoms. The first-order valence-corrected chi connectivity index (χ1v) is 7.46. The lowest BCUT2D eigenvalue weighted by molar-refractivity contribution is -0.0246. The summed E-state index contributed by atoms with van der Waals surface area (Å²) in [5, 5.41) is 2.83. The Kier molecular flexibility index (Phi) is 5.51. The van der Waals surface area contributed by atoms with Crippen LogP contribution in [0.3, 0.4) is 0 Å². The van der Waals surface area contributed by atoms with Crippen LogP contribution in [-0.4, -0.2) is 49.7 Å². The van der Waals surface area contributed by atoms with Crippen LogP contribution in [0.5, 0.6) is 0 Å². The number of carbonyl (C=O) groups excluding carboxylic acids is 1. The van der Waals surface area contributed by atoms with Crippen molar-refractivity contribution in [1.29, 1.82) is 0 Å². The summed E-state index contributed by atoms with van der Waals surface area (Å²) >= 11 is 3.07. The van der Waals surface area contributed by atoms with Crippen LogP contribution in [0.25, 0.3) is 0 Å². The monoisotopic (exact) mass is 344 g/mol. The summed E-state index contributed by atoms with van der Waals surface area (Å²) in [7, 11) is 0. The second kappa shape index (κ2) is 7.15. The number of amides is 1. The van der Waals surface area contributed by atoms with Gasteiger partial charge in [-0.2, -0.15) is 0 Å². The molecule has 0 aliphatic carbocycles. The molecule has 1 heterocycles. The van der Waals surface area contributed by atoms with Crippen LogP contribution >= 0.6 is 15.9 Å². The average molecular weight is 345 g/mol. The molecule has 1 unspecified atom stereocenters. The van der Waals surface area contributed by atoms with Crippen LogP contribution in [0.4, 0.5) is 4.39 Å². The number of nitrogens with zero attached hydrogens (tertiary/aromatic N) is 1. The van der Waals surface area contributed by atoms with Crippen molar-refractivity contribution >= 4 is 21.8 Å². The Balaban J connectivity index is 1.87. The third-order valence-electron chi connectivity index (χ3n) is 3.34. The van der Waals surface area contributed by atoms with Crippen LogP contribution in [0, 0.1) is 5.82 Å². The van der Waals surface area contributed by atoms with Crippen LogP contribution in [0.15, 0.2) is 22.7 Å². The van der Waals surface area contributed by atoms with Crippen LogP contribution in [-0.2, 0) is 4.74 Å². The maximum absolute atomic E-state index is 13.1. The maximum Gasteiger partial charge on any atom is 0.251 e. The van der Waals surface area contributed by atoms with Crippen molar-refractivity contribution in [1.82, 2.24) is 10.2 Å². The summed E-state index contributed by atoms with van der Waals surface area (Å²) in [6, 6.07) is 4.22. The maximum atomic E-state index is 13.1. The smallest absolute Gasteiger partial charge is 0.251 e. The third kappa shape index (κ3) is 4.01. The fourth-order valence-corrected chi connectivity index (χ4v) is 2.52. The molecule has 1 aromatic carbocycles. The van der Waals surface area contributed by atoms with E-state index < -0.39 is 0 Å². The van der Waals surface area contributed by atoms with Gasteiger partial charge in [0.25, 0.3) is 5.91 Å². The molecule has 6 heteroatoms. The Morgan fingerprint density at radius 2 is 2.40 bits per heavy atom. The molecule has 1 aliphatic rings. The molecule has 0 bridgehead atoms. The van der Waals surface area contributed by atoms with E-state index in [1.165, 1.54) is 18.2 Å². The highest BCUT2D eigenvalue weighted by molar-refractivity contribution is 9.10. The minimum absolute atomic E-state index is 0.0107. The number of rotatable bonds is 4. The molecule has 0 saturated carbocycles. The molecule has 1 fully saturated rings. The Bertz CT molecular complexity index is 484. The fourth-order valence-electron chi connectivity index (χ4n) is 2.14. The molecule has 110 valence electrons. The SMILES string of the molecule is CCN1CCOC(CNC(=O)c2ccc(F)c(Br)c2)C1. The number of halogens is 2. The number of hydrogen-bond donors (Lipinski definition) is 1. The predicted molar refractivity (Wildman–Crippen MR) is 78.3 cm³/mol. The number of hydrogen-bond acceptors (Lipinski definition) is 3. The molecule has 1 N–H and O–H groups in total. The minimum Gasteiger partial charge on any atom is -0.374 e. The molecule has 0 radical (unpaired) electrons. The molecule has 1 saturated heterocycles. The van der Waals surface area contributed by atoms with E-state index in [-0.39, 0.29) is 22.3 Å². The lowest BCUT2D eigenvalue weighted by atomic mass is 10.2. The Morgan fingerprint density at radius 1 is 1.60 bits per heavy atom. The van der Waals surface area contributed by atoms with Gasteiger partial charge in [-0.15, -0.1) is 0 Å². The average Bonchev–Trinajstić information content (AvgIpc) is 2.47. The molecule has 2 rings (SSSR count). The normalized spacial score (nSPS) is 19.9. The van der Waals surface area contributed by atoms with Gasteiger partial charge in [0.15, 0.2) is 0 Å². The lowest BCUT2D eigenvalue weighted by Crippen LogP contribution is -2.47. The van der Waals surface area contributed by atoms with Crippen molar-refractivity contribution in [3.05, 3.63) is 34.1 Å². The Labute approximate surface area is 126 Å². The van der Waals surface area contributed by atoms with Crippen molar-refractivity contribution in [3.63, 3.8) is 0 Å². The zero-order valence-electron chi connectivity index (χ0n) is 11.4. The summed E-state index contributed by atoms with van der Waals surface area (Å²) in [6.45, 7) is 6.01. The van der Waals surface area contributed by atoms with Gasteiger partial charge in [0, 0.05) is 25.2 Å². The number of morpholine rings is 1. The number of carbonyl (C=O) groups is 1. The molecule has 1 aliphatic heterocycles. The van der Waals surface area contributed by atoms with Crippen LogP contribution < -0.4 is 5.32 Å². The van der Waals surface area contributed by atoms with Gasteiger partial charge in [-0.05, 0) is 40.7 Å². The molecular weight excluding hydrogens is 327 g/mol. The molecule has 4 nitrogen and oxygen atoms in total. The van der Waals surface area contributed by atoms with E-state index in [1.54, 1.807) is 0 Å². The first-order chi connectivity index (χ1) is 9.60. The molecule has 1 atom stereocenters. The number of benzene rings is 1. The lowest BCUT2D eigenvalue weighted by Gasteiger charge is -2.32. The quantitative estimate of drug-likeness (QED) is 0.908. The van der Waals surface area contributed by atoms with E-state index in [9.17, 15) is 9.18 Å². The minimum atomic E-state index is -0.379. The van der Waals surface area contributed by atoms with E-state index in [0.717, 1.165) is 19.6 Å². The first-order valence-electron chi connectivity index (χ1n) is 6.67. The second-order valence-electron chi connectivity index (χ2n) is 4.72. The highest BCUT2D eigenvalue weighted by Crippen LogP contribution is 2.16. The third-order valence-corrected chi connectivity index (χ3v) is 3.95. The number of likely N-dealkylation sites (N-methyl/N-ethyl adjacent to an activating group) is 1. The zero-order valence-corrected chi connectivity index (χ0v) is 13.0. The van der Waals surface area contributed by atoms with Gasteiger partial charge in [-0.1, -0.05) is 6.92 Å². The summed E-state index contributed by atoms with van der Waals surface area (Å²) in [6.07, 6.45) is 0.0107. The van der Waals surface area contributed by atoms with Gasteiger partial charge >= 0.3 is 0 Å². The van der Waals surface area contributed by atoms with E-state index in [4.69, 9.17) is 4.74 Å². The Morgan fingerprint density at radius 3 is 3.10 bits per heavy atom.